The van der Waals surface area contributed by atoms with Gasteiger partial charge in [0, 0.05) is 10.9 Å². The molecule has 0 aliphatic heterocycles. The number of rotatable bonds is 5. The minimum absolute atomic E-state index is 0.350. The zero-order valence-electron chi connectivity index (χ0n) is 9.74. The molecule has 0 fully saturated rings. The minimum atomic E-state index is -0.745. The maximum atomic E-state index is 11.1. The lowest BCUT2D eigenvalue weighted by atomic mass is 9.95. The van der Waals surface area contributed by atoms with Gasteiger partial charge in [-0.1, -0.05) is 28.1 Å². The molecular formula is C14H15BrO2. The monoisotopic (exact) mass is 294 g/mol. The molecule has 0 saturated heterocycles. The van der Waals surface area contributed by atoms with Crippen LogP contribution in [0.3, 0.4) is 0 Å². The first kappa shape index (κ1) is 13.8. The van der Waals surface area contributed by atoms with Gasteiger partial charge >= 0.3 is 5.97 Å². The number of benzene rings is 1. The Morgan fingerprint density at radius 3 is 2.59 bits per heavy atom. The van der Waals surface area contributed by atoms with Gasteiger partial charge < -0.3 is 5.11 Å². The highest BCUT2D eigenvalue weighted by molar-refractivity contribution is 9.10. The molecule has 0 spiro atoms. The molecule has 3 heteroatoms. The van der Waals surface area contributed by atoms with Crippen molar-refractivity contribution in [2.45, 2.75) is 26.2 Å². The van der Waals surface area contributed by atoms with E-state index in [0.29, 0.717) is 19.3 Å². The summed E-state index contributed by atoms with van der Waals surface area (Å²) < 4.78 is 1.00. The molecule has 1 aromatic rings. The summed E-state index contributed by atoms with van der Waals surface area (Å²) in [7, 11) is 0. The molecule has 0 bridgehead atoms. The topological polar surface area (TPSA) is 37.3 Å². The highest BCUT2D eigenvalue weighted by Gasteiger charge is 2.17. The summed E-state index contributed by atoms with van der Waals surface area (Å²) in [5.41, 5.74) is 1.05. The smallest absolute Gasteiger partial charge is 0.306 e. The molecule has 0 radical (unpaired) electrons. The van der Waals surface area contributed by atoms with E-state index in [2.05, 4.69) is 27.8 Å². The van der Waals surface area contributed by atoms with Gasteiger partial charge in [-0.3, -0.25) is 4.79 Å². The van der Waals surface area contributed by atoms with Gasteiger partial charge in [0.15, 0.2) is 0 Å². The number of hydrogen-bond donors (Lipinski definition) is 1. The van der Waals surface area contributed by atoms with Crippen molar-refractivity contribution < 1.29 is 9.90 Å². The second-order valence-corrected chi connectivity index (χ2v) is 4.75. The Bertz CT molecular complexity index is 426. The standard InChI is InChI=1S/C14H15BrO2/c1-2-3-4-5-12(14(16)17)10-11-6-8-13(15)9-7-11/h6-9,12H,4-5,10H2,1H3,(H,16,17). The van der Waals surface area contributed by atoms with Crippen LogP contribution in [-0.2, 0) is 11.2 Å². The van der Waals surface area contributed by atoms with Crippen LogP contribution in [0.15, 0.2) is 28.7 Å². The van der Waals surface area contributed by atoms with Crippen LogP contribution in [0.25, 0.3) is 0 Å². The SMILES string of the molecule is CC#CCCC(Cc1ccc(Br)cc1)C(=O)O. The molecular weight excluding hydrogens is 280 g/mol. The average molecular weight is 295 g/mol. The number of carboxylic acid groups (broad SMARTS) is 1. The molecule has 1 aromatic carbocycles. The van der Waals surface area contributed by atoms with Crippen LogP contribution in [-0.4, -0.2) is 11.1 Å². The predicted octanol–water partition coefficient (Wildman–Crippen LogP) is 3.50. The van der Waals surface area contributed by atoms with E-state index in [1.165, 1.54) is 0 Å². The summed E-state index contributed by atoms with van der Waals surface area (Å²) in [5.74, 6) is 4.60. The fourth-order valence-electron chi connectivity index (χ4n) is 1.59. The summed E-state index contributed by atoms with van der Waals surface area (Å²) in [6.45, 7) is 1.77. The van der Waals surface area contributed by atoms with Crippen LogP contribution >= 0.6 is 15.9 Å². The van der Waals surface area contributed by atoms with E-state index in [1.807, 2.05) is 24.3 Å². The largest absolute Gasteiger partial charge is 0.481 e. The zero-order chi connectivity index (χ0) is 12.7. The van der Waals surface area contributed by atoms with E-state index < -0.39 is 5.97 Å². The Labute approximate surface area is 110 Å². The first-order valence-electron chi connectivity index (χ1n) is 5.50. The van der Waals surface area contributed by atoms with Crippen molar-refractivity contribution in [3.05, 3.63) is 34.3 Å². The summed E-state index contributed by atoms with van der Waals surface area (Å²) in [6.07, 6.45) is 1.81. The molecule has 2 nitrogen and oxygen atoms in total. The van der Waals surface area contributed by atoms with Gasteiger partial charge in [-0.2, -0.15) is 0 Å². The third kappa shape index (κ3) is 5.06. The quantitative estimate of drug-likeness (QED) is 0.844. The van der Waals surface area contributed by atoms with Crippen molar-refractivity contribution in [3.63, 3.8) is 0 Å². The van der Waals surface area contributed by atoms with E-state index in [-0.39, 0.29) is 5.92 Å². The molecule has 0 aliphatic rings. The van der Waals surface area contributed by atoms with E-state index in [4.69, 9.17) is 5.11 Å². The number of hydrogen-bond acceptors (Lipinski definition) is 1. The summed E-state index contributed by atoms with van der Waals surface area (Å²) in [6, 6.07) is 7.76. The lowest BCUT2D eigenvalue weighted by Gasteiger charge is -2.10. The van der Waals surface area contributed by atoms with Gasteiger partial charge in [-0.05, 0) is 37.5 Å². The third-order valence-corrected chi connectivity index (χ3v) is 3.07. The van der Waals surface area contributed by atoms with Crippen LogP contribution in [0.1, 0.15) is 25.3 Å². The third-order valence-electron chi connectivity index (χ3n) is 2.54. The fraction of sp³-hybridized carbons (Fsp3) is 0.357. The molecule has 17 heavy (non-hydrogen) atoms. The molecule has 0 aromatic heterocycles. The summed E-state index contributed by atoms with van der Waals surface area (Å²) >= 11 is 3.36. The van der Waals surface area contributed by atoms with Crippen LogP contribution in [0.4, 0.5) is 0 Å². The van der Waals surface area contributed by atoms with Gasteiger partial charge in [-0.15, -0.1) is 11.8 Å². The van der Waals surface area contributed by atoms with E-state index >= 15 is 0 Å². The molecule has 1 rings (SSSR count). The number of carboxylic acids is 1. The van der Waals surface area contributed by atoms with Crippen molar-refractivity contribution >= 4 is 21.9 Å². The van der Waals surface area contributed by atoms with Crippen molar-refractivity contribution in [2.75, 3.05) is 0 Å². The Balaban J connectivity index is 2.62. The first-order valence-corrected chi connectivity index (χ1v) is 6.29. The van der Waals surface area contributed by atoms with Crippen molar-refractivity contribution in [1.29, 1.82) is 0 Å². The van der Waals surface area contributed by atoms with E-state index in [9.17, 15) is 4.79 Å². The molecule has 1 N–H and O–H groups in total. The van der Waals surface area contributed by atoms with E-state index in [1.54, 1.807) is 6.92 Å². The number of carbonyl (C=O) groups is 1. The zero-order valence-corrected chi connectivity index (χ0v) is 11.3. The van der Waals surface area contributed by atoms with E-state index in [0.717, 1.165) is 10.0 Å². The van der Waals surface area contributed by atoms with Crippen molar-refractivity contribution in [1.82, 2.24) is 0 Å². The normalized spacial score (nSPS) is 11.4. The molecule has 1 unspecified atom stereocenters. The fourth-order valence-corrected chi connectivity index (χ4v) is 1.85. The highest BCUT2D eigenvalue weighted by Crippen LogP contribution is 2.17. The first-order chi connectivity index (χ1) is 8.13. The van der Waals surface area contributed by atoms with Crippen molar-refractivity contribution in [2.24, 2.45) is 5.92 Å². The van der Waals surface area contributed by atoms with Crippen molar-refractivity contribution in [3.8, 4) is 11.8 Å². The number of aliphatic carboxylic acids is 1. The second kappa shape index (κ2) is 7.13. The van der Waals surface area contributed by atoms with Crippen LogP contribution < -0.4 is 0 Å². The van der Waals surface area contributed by atoms with Gasteiger partial charge in [0.1, 0.15) is 0 Å². The molecule has 90 valence electrons. The van der Waals surface area contributed by atoms with Gasteiger partial charge in [-0.25, -0.2) is 0 Å². The summed E-state index contributed by atoms with van der Waals surface area (Å²) in [5, 5.41) is 9.13. The van der Waals surface area contributed by atoms with Gasteiger partial charge in [0.05, 0.1) is 5.92 Å². The predicted molar refractivity (Wildman–Crippen MR) is 71.7 cm³/mol. The lowest BCUT2D eigenvalue weighted by molar-refractivity contribution is -0.141. The Morgan fingerprint density at radius 2 is 2.06 bits per heavy atom. The average Bonchev–Trinajstić information content (AvgIpc) is 2.30. The Hall–Kier alpha value is -1.27. The molecule has 0 aliphatic carbocycles. The van der Waals surface area contributed by atoms with Crippen LogP contribution in [0, 0.1) is 17.8 Å². The van der Waals surface area contributed by atoms with Gasteiger partial charge in [0.2, 0.25) is 0 Å². The lowest BCUT2D eigenvalue weighted by Crippen LogP contribution is -2.16. The highest BCUT2D eigenvalue weighted by atomic mass is 79.9. The minimum Gasteiger partial charge on any atom is -0.481 e. The summed E-state index contributed by atoms with van der Waals surface area (Å²) in [4.78, 5) is 11.1. The second-order valence-electron chi connectivity index (χ2n) is 3.83. The maximum absolute atomic E-state index is 11.1. The molecule has 1 atom stereocenters. The molecule has 0 saturated carbocycles. The number of halogens is 1. The molecule has 0 heterocycles. The van der Waals surface area contributed by atoms with Crippen LogP contribution in [0.2, 0.25) is 0 Å². The Kier molecular flexibility index (Phi) is 5.79. The Morgan fingerprint density at radius 1 is 1.41 bits per heavy atom. The molecule has 0 amide bonds. The van der Waals surface area contributed by atoms with Crippen LogP contribution in [0.5, 0.6) is 0 Å². The maximum Gasteiger partial charge on any atom is 0.306 e. The van der Waals surface area contributed by atoms with Gasteiger partial charge in [0.25, 0.3) is 0 Å².